The predicted octanol–water partition coefficient (Wildman–Crippen LogP) is 4.19. The zero-order valence-electron chi connectivity index (χ0n) is 17.7. The zero-order chi connectivity index (χ0) is 21.5. The summed E-state index contributed by atoms with van der Waals surface area (Å²) < 4.78 is 14.4. The fourth-order valence-electron chi connectivity index (χ4n) is 4.48. The summed E-state index contributed by atoms with van der Waals surface area (Å²) in [5.74, 6) is 0.838. The van der Waals surface area contributed by atoms with Crippen LogP contribution in [0.2, 0.25) is 0 Å². The van der Waals surface area contributed by atoms with Gasteiger partial charge in [0.15, 0.2) is 5.13 Å². The number of benzene rings is 2. The van der Waals surface area contributed by atoms with E-state index in [-0.39, 0.29) is 18.2 Å². The molecule has 32 heavy (non-hydrogen) atoms. The zero-order valence-corrected chi connectivity index (χ0v) is 18.6. The van der Waals surface area contributed by atoms with Crippen LogP contribution in [0.25, 0.3) is 21.3 Å². The van der Waals surface area contributed by atoms with Crippen molar-refractivity contribution in [2.75, 3.05) is 18.5 Å². The molecule has 2 fully saturated rings. The van der Waals surface area contributed by atoms with Crippen LogP contribution in [-0.4, -0.2) is 51.1 Å². The van der Waals surface area contributed by atoms with Gasteiger partial charge in [-0.2, -0.15) is 0 Å². The van der Waals surface area contributed by atoms with Crippen molar-refractivity contribution in [2.45, 2.75) is 50.5 Å². The predicted molar refractivity (Wildman–Crippen MR) is 126 cm³/mol. The number of anilines is 1. The van der Waals surface area contributed by atoms with Gasteiger partial charge in [0.2, 0.25) is 0 Å². The van der Waals surface area contributed by atoms with Crippen LogP contribution in [0, 0.1) is 0 Å². The number of imidazole rings is 1. The Morgan fingerprint density at radius 1 is 1.12 bits per heavy atom. The van der Waals surface area contributed by atoms with Crippen LogP contribution in [0.15, 0.2) is 42.7 Å². The summed E-state index contributed by atoms with van der Waals surface area (Å²) in [6.45, 7) is 2.06. The maximum Gasteiger partial charge on any atom is 0.184 e. The Morgan fingerprint density at radius 2 is 2.03 bits per heavy atom. The van der Waals surface area contributed by atoms with Crippen molar-refractivity contribution in [3.05, 3.63) is 48.3 Å². The maximum atomic E-state index is 10.2. The minimum absolute atomic E-state index is 0.104. The number of thiazole rings is 1. The van der Waals surface area contributed by atoms with E-state index in [9.17, 15) is 5.11 Å². The van der Waals surface area contributed by atoms with Crippen molar-refractivity contribution in [3.63, 3.8) is 0 Å². The van der Waals surface area contributed by atoms with Gasteiger partial charge in [-0.15, -0.1) is 0 Å². The summed E-state index contributed by atoms with van der Waals surface area (Å²) >= 11 is 1.65. The number of ether oxygens (including phenoxy) is 2. The molecule has 1 saturated heterocycles. The van der Waals surface area contributed by atoms with Gasteiger partial charge in [0.1, 0.15) is 11.9 Å². The normalized spacial score (nSPS) is 21.7. The molecule has 1 aliphatic carbocycles. The average Bonchev–Trinajstić information content (AvgIpc) is 3.35. The van der Waals surface area contributed by atoms with Crippen LogP contribution in [0.3, 0.4) is 0 Å². The molecule has 0 amide bonds. The van der Waals surface area contributed by atoms with E-state index < -0.39 is 0 Å². The standard InChI is InChI=1S/C24H26N4O3S/c29-22-4-2-1-3-18(22)26-24-27-19-7-5-15(9-23(19)32-24)11-28-14-25-20-10-16(6-8-21(20)28)31-17-12-30-13-17/h5-10,14,17-18,22,29H,1-4,11-13H2,(H,26,27). The number of aliphatic hydroxyl groups excluding tert-OH is 1. The number of rotatable bonds is 6. The third-order valence-corrected chi connectivity index (χ3v) is 7.30. The second-order valence-electron chi connectivity index (χ2n) is 8.72. The first kappa shape index (κ1) is 20.0. The van der Waals surface area contributed by atoms with Crippen molar-refractivity contribution in [2.24, 2.45) is 0 Å². The van der Waals surface area contributed by atoms with Crippen molar-refractivity contribution >= 4 is 37.7 Å². The molecule has 1 aliphatic heterocycles. The highest BCUT2D eigenvalue weighted by Crippen LogP contribution is 2.30. The Hall–Kier alpha value is -2.68. The van der Waals surface area contributed by atoms with Crippen molar-refractivity contribution in [1.29, 1.82) is 0 Å². The van der Waals surface area contributed by atoms with Gasteiger partial charge >= 0.3 is 0 Å². The Labute approximate surface area is 190 Å². The molecular weight excluding hydrogens is 424 g/mol. The molecule has 166 valence electrons. The van der Waals surface area contributed by atoms with Gasteiger partial charge in [-0.25, -0.2) is 9.97 Å². The number of nitrogens with one attached hydrogen (secondary N) is 1. The van der Waals surface area contributed by atoms with Crippen molar-refractivity contribution in [1.82, 2.24) is 14.5 Å². The largest absolute Gasteiger partial charge is 0.486 e. The molecule has 2 atom stereocenters. The van der Waals surface area contributed by atoms with E-state index >= 15 is 0 Å². The van der Waals surface area contributed by atoms with Gasteiger partial charge < -0.3 is 24.5 Å². The summed E-state index contributed by atoms with van der Waals surface area (Å²) in [7, 11) is 0. The first-order valence-electron chi connectivity index (χ1n) is 11.2. The number of fused-ring (bicyclic) bond motifs is 2. The molecule has 2 aliphatic rings. The number of nitrogens with zero attached hydrogens (tertiary/aromatic N) is 3. The van der Waals surface area contributed by atoms with E-state index in [1.807, 2.05) is 18.5 Å². The lowest BCUT2D eigenvalue weighted by molar-refractivity contribution is -0.0796. The Morgan fingerprint density at radius 3 is 2.88 bits per heavy atom. The Balaban J connectivity index is 1.19. The number of aromatic nitrogens is 3. The first-order valence-corrected chi connectivity index (χ1v) is 12.1. The fraction of sp³-hybridized carbons (Fsp3) is 0.417. The summed E-state index contributed by atoms with van der Waals surface area (Å²) in [5, 5.41) is 14.6. The van der Waals surface area contributed by atoms with Gasteiger partial charge in [-0.3, -0.25) is 0 Å². The molecule has 2 aromatic heterocycles. The molecule has 1 saturated carbocycles. The van der Waals surface area contributed by atoms with E-state index in [0.29, 0.717) is 13.2 Å². The van der Waals surface area contributed by atoms with E-state index in [1.54, 1.807) is 11.3 Å². The highest BCUT2D eigenvalue weighted by Gasteiger charge is 2.24. The molecular formula is C24H26N4O3S. The number of aliphatic hydroxyl groups is 1. The molecule has 8 heteroatoms. The summed E-state index contributed by atoms with van der Waals surface area (Å²) in [5.41, 5.74) is 4.21. The first-order chi connectivity index (χ1) is 15.7. The Bertz CT molecular complexity index is 1250. The molecule has 0 spiro atoms. The topological polar surface area (TPSA) is 81.4 Å². The minimum Gasteiger partial charge on any atom is -0.486 e. The highest BCUT2D eigenvalue weighted by molar-refractivity contribution is 7.22. The number of hydrogen-bond donors (Lipinski definition) is 2. The lowest BCUT2D eigenvalue weighted by Gasteiger charge is -2.27. The van der Waals surface area contributed by atoms with Crippen LogP contribution in [0.4, 0.5) is 5.13 Å². The SMILES string of the molecule is OC1CCCCC1Nc1nc2ccc(Cn3cnc4cc(OC5COC5)ccc43)cc2s1. The summed E-state index contributed by atoms with van der Waals surface area (Å²) in [6, 6.07) is 12.6. The Kier molecular flexibility index (Phi) is 5.21. The maximum absolute atomic E-state index is 10.2. The van der Waals surface area contributed by atoms with E-state index in [4.69, 9.17) is 14.5 Å². The van der Waals surface area contributed by atoms with Gasteiger partial charge in [0, 0.05) is 12.6 Å². The third-order valence-electron chi connectivity index (χ3n) is 6.35. The van der Waals surface area contributed by atoms with Gasteiger partial charge in [-0.1, -0.05) is 30.2 Å². The molecule has 0 radical (unpaired) electrons. The van der Waals surface area contributed by atoms with Gasteiger partial charge in [0.05, 0.1) is 52.9 Å². The lowest BCUT2D eigenvalue weighted by atomic mass is 9.93. The summed E-state index contributed by atoms with van der Waals surface area (Å²) in [6.07, 6.45) is 5.89. The monoisotopic (exact) mass is 450 g/mol. The van der Waals surface area contributed by atoms with Gasteiger partial charge in [-0.05, 0) is 42.7 Å². The minimum atomic E-state index is -0.284. The smallest absolute Gasteiger partial charge is 0.184 e. The number of hydrogen-bond acceptors (Lipinski definition) is 7. The molecule has 3 heterocycles. The van der Waals surface area contributed by atoms with Crippen molar-refractivity contribution in [3.8, 4) is 5.75 Å². The van der Waals surface area contributed by atoms with Crippen LogP contribution in [0.5, 0.6) is 5.75 Å². The van der Waals surface area contributed by atoms with E-state index in [0.717, 1.165) is 64.4 Å². The van der Waals surface area contributed by atoms with E-state index in [1.165, 1.54) is 5.56 Å². The highest BCUT2D eigenvalue weighted by atomic mass is 32.1. The fourth-order valence-corrected chi connectivity index (χ4v) is 5.47. The molecule has 2 unspecified atom stereocenters. The molecule has 7 nitrogen and oxygen atoms in total. The molecule has 2 N–H and O–H groups in total. The summed E-state index contributed by atoms with van der Waals surface area (Å²) in [4.78, 5) is 9.30. The molecule has 0 bridgehead atoms. The second-order valence-corrected chi connectivity index (χ2v) is 9.75. The molecule has 2 aromatic carbocycles. The molecule has 6 rings (SSSR count). The van der Waals surface area contributed by atoms with Crippen LogP contribution in [-0.2, 0) is 11.3 Å². The van der Waals surface area contributed by atoms with Crippen LogP contribution >= 0.6 is 11.3 Å². The second kappa shape index (κ2) is 8.35. The third kappa shape index (κ3) is 3.94. The quantitative estimate of drug-likeness (QED) is 0.459. The van der Waals surface area contributed by atoms with Crippen LogP contribution < -0.4 is 10.1 Å². The van der Waals surface area contributed by atoms with Crippen LogP contribution in [0.1, 0.15) is 31.2 Å². The lowest BCUT2D eigenvalue weighted by Crippen LogP contribution is -2.38. The molecule has 4 aromatic rings. The van der Waals surface area contributed by atoms with E-state index in [2.05, 4.69) is 39.1 Å². The van der Waals surface area contributed by atoms with Crippen molar-refractivity contribution < 1.29 is 14.6 Å². The van der Waals surface area contributed by atoms with Gasteiger partial charge in [0.25, 0.3) is 0 Å². The average molecular weight is 451 g/mol.